The Morgan fingerprint density at radius 2 is 1.44 bits per heavy atom. The zero-order valence-electron chi connectivity index (χ0n) is 24.7. The number of thiazole rings is 1. The molecule has 0 N–H and O–H groups in total. The van der Waals surface area contributed by atoms with E-state index in [4.69, 9.17) is 4.99 Å². The molecule has 0 fully saturated rings. The van der Waals surface area contributed by atoms with Crippen LogP contribution in [0.4, 0.5) is 17.1 Å². The van der Waals surface area contributed by atoms with Crippen molar-refractivity contribution in [3.05, 3.63) is 136 Å². The van der Waals surface area contributed by atoms with Gasteiger partial charge in [0, 0.05) is 51.7 Å². The SMILES string of the molecule is CN(C)c1ccc(/C=C2\CCCC3=C2N=c2s/c(=C/c4ccc([N+](=O)[O-])cc4)c(=O)n2[C@H]3c2ccc(N(C)C)cc2)cc1. The van der Waals surface area contributed by atoms with Crippen LogP contribution in [0, 0.1) is 10.1 Å². The van der Waals surface area contributed by atoms with Gasteiger partial charge in [0.15, 0.2) is 4.80 Å². The van der Waals surface area contributed by atoms with Crippen LogP contribution in [0.3, 0.4) is 0 Å². The van der Waals surface area contributed by atoms with Crippen molar-refractivity contribution >= 4 is 40.6 Å². The van der Waals surface area contributed by atoms with Gasteiger partial charge in [-0.3, -0.25) is 19.5 Å². The van der Waals surface area contributed by atoms with Gasteiger partial charge in [-0.2, -0.15) is 0 Å². The normalized spacial score (nSPS) is 17.3. The number of hydrogen-bond acceptors (Lipinski definition) is 7. The Bertz CT molecular complexity index is 1930. The molecule has 0 radical (unpaired) electrons. The van der Waals surface area contributed by atoms with Gasteiger partial charge in [0.1, 0.15) is 0 Å². The highest BCUT2D eigenvalue weighted by Gasteiger charge is 2.32. The molecular formula is C34H33N5O3S. The van der Waals surface area contributed by atoms with Crippen molar-refractivity contribution in [3.63, 3.8) is 0 Å². The summed E-state index contributed by atoms with van der Waals surface area (Å²) in [4.78, 5) is 34.6. The zero-order chi connectivity index (χ0) is 30.2. The lowest BCUT2D eigenvalue weighted by atomic mass is 9.83. The highest BCUT2D eigenvalue weighted by Crippen LogP contribution is 2.41. The summed E-state index contributed by atoms with van der Waals surface area (Å²) in [6, 6.07) is 22.9. The lowest BCUT2D eigenvalue weighted by Crippen LogP contribution is -2.39. The molecule has 0 unspecified atom stereocenters. The second-order valence-corrected chi connectivity index (χ2v) is 12.3. The van der Waals surface area contributed by atoms with E-state index in [1.54, 1.807) is 18.2 Å². The largest absolute Gasteiger partial charge is 0.378 e. The monoisotopic (exact) mass is 591 g/mol. The smallest absolute Gasteiger partial charge is 0.271 e. The minimum absolute atomic E-state index is 0.0168. The number of non-ortho nitro benzene ring substituents is 1. The summed E-state index contributed by atoms with van der Waals surface area (Å²) in [7, 11) is 8.10. The fourth-order valence-corrected chi connectivity index (χ4v) is 6.73. The maximum absolute atomic E-state index is 14.0. The fourth-order valence-electron chi connectivity index (χ4n) is 5.73. The van der Waals surface area contributed by atoms with Crippen LogP contribution in [-0.4, -0.2) is 37.7 Å². The summed E-state index contributed by atoms with van der Waals surface area (Å²) in [5.74, 6) is 0. The van der Waals surface area contributed by atoms with Crippen LogP contribution in [0.15, 0.2) is 99.4 Å². The molecule has 218 valence electrons. The van der Waals surface area contributed by atoms with Crippen molar-refractivity contribution in [1.82, 2.24) is 4.57 Å². The van der Waals surface area contributed by atoms with Gasteiger partial charge in [-0.25, -0.2) is 4.99 Å². The second-order valence-electron chi connectivity index (χ2n) is 11.3. The number of fused-ring (bicyclic) bond motifs is 1. The molecule has 0 amide bonds. The topological polar surface area (TPSA) is 84.0 Å². The first-order valence-corrected chi connectivity index (χ1v) is 15.1. The van der Waals surface area contributed by atoms with Crippen LogP contribution < -0.4 is 24.7 Å². The van der Waals surface area contributed by atoms with Crippen molar-refractivity contribution < 1.29 is 4.92 Å². The third-order valence-electron chi connectivity index (χ3n) is 8.01. The lowest BCUT2D eigenvalue weighted by molar-refractivity contribution is -0.384. The number of benzene rings is 3. The average Bonchev–Trinajstić information content (AvgIpc) is 3.31. The third kappa shape index (κ3) is 5.56. The van der Waals surface area contributed by atoms with Crippen molar-refractivity contribution in [3.8, 4) is 0 Å². The van der Waals surface area contributed by atoms with Gasteiger partial charge >= 0.3 is 0 Å². The quantitative estimate of drug-likeness (QED) is 0.218. The molecule has 2 heterocycles. The molecule has 2 aliphatic rings. The number of nitro groups is 1. The standard InChI is InChI=1S/C34H33N5O3S/c1-36(2)26-14-8-22(9-15-26)20-25-6-5-7-29-31(25)35-34-38(32(29)24-12-18-27(19-13-24)37(3)4)33(40)30(43-34)21-23-10-16-28(17-11-23)39(41)42/h8-21,32H,5-7H2,1-4H3/b25-20+,30-21+/t32-/m0/s1. The molecule has 3 aromatic carbocycles. The summed E-state index contributed by atoms with van der Waals surface area (Å²) >= 11 is 1.36. The van der Waals surface area contributed by atoms with Gasteiger partial charge in [0.05, 0.1) is 21.2 Å². The van der Waals surface area contributed by atoms with Crippen molar-refractivity contribution in [1.29, 1.82) is 0 Å². The van der Waals surface area contributed by atoms with E-state index in [0.717, 1.165) is 58.6 Å². The molecule has 0 bridgehead atoms. The van der Waals surface area contributed by atoms with Crippen LogP contribution in [0.2, 0.25) is 0 Å². The van der Waals surface area contributed by atoms with Gasteiger partial charge in [-0.1, -0.05) is 35.6 Å². The number of aromatic nitrogens is 1. The molecule has 43 heavy (non-hydrogen) atoms. The molecule has 0 saturated heterocycles. The second kappa shape index (κ2) is 11.5. The van der Waals surface area contributed by atoms with Crippen LogP contribution in [-0.2, 0) is 0 Å². The zero-order valence-corrected chi connectivity index (χ0v) is 25.5. The minimum atomic E-state index is -0.425. The van der Waals surface area contributed by atoms with Gasteiger partial charge < -0.3 is 9.80 Å². The Labute approximate surface area is 254 Å². The van der Waals surface area contributed by atoms with Gasteiger partial charge in [-0.15, -0.1) is 0 Å². The summed E-state index contributed by atoms with van der Waals surface area (Å²) in [6.45, 7) is 0. The number of hydrogen-bond donors (Lipinski definition) is 0. The van der Waals surface area contributed by atoms with E-state index in [2.05, 4.69) is 64.4 Å². The van der Waals surface area contributed by atoms with E-state index in [1.807, 2.05) is 32.8 Å². The van der Waals surface area contributed by atoms with E-state index in [0.29, 0.717) is 9.33 Å². The predicted octanol–water partition coefficient (Wildman–Crippen LogP) is 5.52. The highest BCUT2D eigenvalue weighted by atomic mass is 32.1. The number of anilines is 2. The molecule has 1 aromatic heterocycles. The first-order valence-electron chi connectivity index (χ1n) is 14.2. The van der Waals surface area contributed by atoms with Gasteiger partial charge in [0.25, 0.3) is 11.2 Å². The van der Waals surface area contributed by atoms with Crippen LogP contribution >= 0.6 is 11.3 Å². The summed E-state index contributed by atoms with van der Waals surface area (Å²) < 4.78 is 2.38. The lowest BCUT2D eigenvalue weighted by Gasteiger charge is -2.31. The van der Waals surface area contributed by atoms with E-state index in [1.165, 1.54) is 29.0 Å². The molecule has 0 saturated carbocycles. The molecule has 0 spiro atoms. The Kier molecular flexibility index (Phi) is 7.58. The molecule has 1 atom stereocenters. The van der Waals surface area contributed by atoms with Crippen molar-refractivity contribution in [2.24, 2.45) is 4.99 Å². The van der Waals surface area contributed by atoms with E-state index in [-0.39, 0.29) is 17.3 Å². The summed E-state index contributed by atoms with van der Waals surface area (Å²) in [5.41, 5.74) is 8.37. The number of rotatable bonds is 6. The van der Waals surface area contributed by atoms with Crippen LogP contribution in [0.25, 0.3) is 12.2 Å². The van der Waals surface area contributed by atoms with Crippen molar-refractivity contribution in [2.75, 3.05) is 38.0 Å². The Morgan fingerprint density at radius 1 is 0.860 bits per heavy atom. The van der Waals surface area contributed by atoms with E-state index < -0.39 is 4.92 Å². The van der Waals surface area contributed by atoms with Gasteiger partial charge in [-0.05, 0) is 95.6 Å². The molecule has 8 nitrogen and oxygen atoms in total. The Morgan fingerprint density at radius 3 is 2.05 bits per heavy atom. The van der Waals surface area contributed by atoms with Crippen LogP contribution in [0.1, 0.15) is 42.0 Å². The molecular weight excluding hydrogens is 558 g/mol. The fraction of sp³-hybridized carbons (Fsp3) is 0.235. The van der Waals surface area contributed by atoms with Crippen molar-refractivity contribution in [2.45, 2.75) is 25.3 Å². The first kappa shape index (κ1) is 28.4. The molecule has 6 rings (SSSR count). The first-order chi connectivity index (χ1) is 20.7. The molecule has 4 aromatic rings. The summed E-state index contributed by atoms with van der Waals surface area (Å²) in [5, 5.41) is 11.1. The molecule has 1 aliphatic heterocycles. The highest BCUT2D eigenvalue weighted by molar-refractivity contribution is 7.07. The summed E-state index contributed by atoms with van der Waals surface area (Å²) in [6.07, 6.45) is 6.79. The Balaban J connectivity index is 1.51. The Hall–Kier alpha value is -4.76. The molecule has 1 aliphatic carbocycles. The number of nitrogens with zero attached hydrogens (tertiary/aromatic N) is 5. The maximum Gasteiger partial charge on any atom is 0.271 e. The average molecular weight is 592 g/mol. The predicted molar refractivity (Wildman–Crippen MR) is 175 cm³/mol. The maximum atomic E-state index is 14.0. The third-order valence-corrected chi connectivity index (χ3v) is 8.99. The minimum Gasteiger partial charge on any atom is -0.378 e. The molecule has 9 heteroatoms. The van der Waals surface area contributed by atoms with Gasteiger partial charge in [0.2, 0.25) is 0 Å². The van der Waals surface area contributed by atoms with E-state index >= 15 is 0 Å². The number of nitro benzene ring substituents is 1. The number of allylic oxidation sites excluding steroid dienone is 2. The van der Waals surface area contributed by atoms with E-state index in [9.17, 15) is 14.9 Å². The van der Waals surface area contributed by atoms with Crippen LogP contribution in [0.5, 0.6) is 0 Å².